The van der Waals surface area contributed by atoms with E-state index in [1.807, 2.05) is 23.1 Å². The molecular formula is C26H31N3O2. The Hall–Kier alpha value is -2.95. The minimum atomic E-state index is -0.614. The fraction of sp³-hybridized carbons (Fsp3) is 0.423. The lowest BCUT2D eigenvalue weighted by Gasteiger charge is -2.43. The number of amides is 2. The lowest BCUT2D eigenvalue weighted by Crippen LogP contribution is -2.55. The highest BCUT2D eigenvalue weighted by Crippen LogP contribution is 2.37. The molecule has 5 heteroatoms. The number of hydrogen-bond acceptors (Lipinski definition) is 3. The zero-order valence-electron chi connectivity index (χ0n) is 18.1. The Balaban J connectivity index is 1.60. The van der Waals surface area contributed by atoms with E-state index in [-0.39, 0.29) is 17.7 Å². The SMILES string of the molecule is C=CCNC(=O)[C@]1(Cc2cccc(-c3ccncc3)c2)CCCN(C(=O)C2CCC2)C1. The van der Waals surface area contributed by atoms with Crippen LogP contribution in [0.5, 0.6) is 0 Å². The van der Waals surface area contributed by atoms with Crippen LogP contribution in [0.2, 0.25) is 0 Å². The molecule has 5 nitrogen and oxygen atoms in total. The largest absolute Gasteiger partial charge is 0.352 e. The Morgan fingerprint density at radius 2 is 1.97 bits per heavy atom. The number of nitrogens with zero attached hydrogens (tertiary/aromatic N) is 2. The first-order chi connectivity index (χ1) is 15.1. The number of hydrogen-bond donors (Lipinski definition) is 1. The maximum atomic E-state index is 13.4. The molecule has 1 saturated carbocycles. The van der Waals surface area contributed by atoms with Crippen LogP contribution in [0.25, 0.3) is 11.1 Å². The molecule has 1 aromatic carbocycles. The van der Waals surface area contributed by atoms with Crippen molar-refractivity contribution in [2.24, 2.45) is 11.3 Å². The summed E-state index contributed by atoms with van der Waals surface area (Å²) in [5, 5.41) is 3.02. The molecule has 162 valence electrons. The number of pyridine rings is 1. The maximum absolute atomic E-state index is 13.4. The van der Waals surface area contributed by atoms with Crippen molar-refractivity contribution in [2.75, 3.05) is 19.6 Å². The smallest absolute Gasteiger partial charge is 0.228 e. The number of aromatic nitrogens is 1. The van der Waals surface area contributed by atoms with E-state index in [0.717, 1.165) is 55.3 Å². The van der Waals surface area contributed by atoms with E-state index in [9.17, 15) is 9.59 Å². The number of nitrogens with one attached hydrogen (secondary N) is 1. The normalized spacial score (nSPS) is 21.2. The molecule has 2 aliphatic rings. The van der Waals surface area contributed by atoms with Gasteiger partial charge in [0.05, 0.1) is 5.41 Å². The highest BCUT2D eigenvalue weighted by atomic mass is 16.2. The van der Waals surface area contributed by atoms with E-state index in [1.54, 1.807) is 18.5 Å². The average Bonchev–Trinajstić information content (AvgIpc) is 2.77. The van der Waals surface area contributed by atoms with Crippen molar-refractivity contribution in [3.8, 4) is 11.1 Å². The molecule has 1 aromatic heterocycles. The first-order valence-corrected chi connectivity index (χ1v) is 11.3. The van der Waals surface area contributed by atoms with Crippen LogP contribution in [0.4, 0.5) is 0 Å². The summed E-state index contributed by atoms with van der Waals surface area (Å²) in [4.78, 5) is 32.4. The van der Waals surface area contributed by atoms with Crippen LogP contribution in [-0.4, -0.2) is 41.3 Å². The molecule has 2 fully saturated rings. The number of carbonyl (C=O) groups is 2. The summed E-state index contributed by atoms with van der Waals surface area (Å²) in [5.74, 6) is 0.409. The fourth-order valence-corrected chi connectivity index (χ4v) is 4.79. The van der Waals surface area contributed by atoms with Gasteiger partial charge in [-0.25, -0.2) is 0 Å². The zero-order chi connectivity index (χ0) is 21.7. The van der Waals surface area contributed by atoms with E-state index in [1.165, 1.54) is 0 Å². The molecule has 1 aliphatic heterocycles. The lowest BCUT2D eigenvalue weighted by molar-refractivity contribution is -0.146. The Kier molecular flexibility index (Phi) is 6.50. The predicted molar refractivity (Wildman–Crippen MR) is 122 cm³/mol. The van der Waals surface area contributed by atoms with E-state index in [0.29, 0.717) is 19.5 Å². The van der Waals surface area contributed by atoms with Gasteiger partial charge in [-0.15, -0.1) is 6.58 Å². The van der Waals surface area contributed by atoms with Crippen molar-refractivity contribution in [2.45, 2.75) is 38.5 Å². The van der Waals surface area contributed by atoms with Gasteiger partial charge in [0.1, 0.15) is 0 Å². The highest BCUT2D eigenvalue weighted by molar-refractivity contribution is 5.86. The van der Waals surface area contributed by atoms with Crippen molar-refractivity contribution in [3.05, 3.63) is 67.0 Å². The first-order valence-electron chi connectivity index (χ1n) is 11.3. The summed E-state index contributed by atoms with van der Waals surface area (Å²) >= 11 is 0. The maximum Gasteiger partial charge on any atom is 0.228 e. The number of piperidine rings is 1. The second kappa shape index (κ2) is 9.46. The van der Waals surface area contributed by atoms with Crippen molar-refractivity contribution >= 4 is 11.8 Å². The molecule has 0 radical (unpaired) electrons. The third-order valence-electron chi connectivity index (χ3n) is 6.71. The van der Waals surface area contributed by atoms with Gasteiger partial charge in [-0.05, 0) is 60.9 Å². The summed E-state index contributed by atoms with van der Waals surface area (Å²) in [5.41, 5.74) is 2.71. The van der Waals surface area contributed by atoms with E-state index in [4.69, 9.17) is 0 Å². The monoisotopic (exact) mass is 417 g/mol. The van der Waals surface area contributed by atoms with E-state index >= 15 is 0 Å². The fourth-order valence-electron chi connectivity index (χ4n) is 4.79. The summed E-state index contributed by atoms with van der Waals surface area (Å²) in [6.07, 6.45) is 10.6. The van der Waals surface area contributed by atoms with Crippen LogP contribution < -0.4 is 5.32 Å². The molecule has 0 bridgehead atoms. The number of carbonyl (C=O) groups excluding carboxylic acids is 2. The molecular weight excluding hydrogens is 386 g/mol. The number of likely N-dealkylation sites (tertiary alicyclic amines) is 1. The van der Waals surface area contributed by atoms with Gasteiger partial charge in [0, 0.05) is 37.9 Å². The van der Waals surface area contributed by atoms with Gasteiger partial charge in [0.2, 0.25) is 11.8 Å². The Morgan fingerprint density at radius 3 is 2.68 bits per heavy atom. The van der Waals surface area contributed by atoms with Gasteiger partial charge in [-0.3, -0.25) is 14.6 Å². The number of rotatable bonds is 7. The molecule has 1 saturated heterocycles. The molecule has 2 aromatic rings. The molecule has 1 N–H and O–H groups in total. The van der Waals surface area contributed by atoms with Gasteiger partial charge in [-0.1, -0.05) is 36.8 Å². The first kappa shape index (κ1) is 21.3. The molecule has 2 heterocycles. The van der Waals surface area contributed by atoms with Gasteiger partial charge < -0.3 is 10.2 Å². The van der Waals surface area contributed by atoms with E-state index < -0.39 is 5.41 Å². The molecule has 1 atom stereocenters. The second-order valence-electron chi connectivity index (χ2n) is 8.88. The van der Waals surface area contributed by atoms with Crippen molar-refractivity contribution < 1.29 is 9.59 Å². The molecule has 4 rings (SSSR count). The summed E-state index contributed by atoms with van der Waals surface area (Å²) < 4.78 is 0. The third kappa shape index (κ3) is 4.71. The van der Waals surface area contributed by atoms with Gasteiger partial charge >= 0.3 is 0 Å². The van der Waals surface area contributed by atoms with Crippen LogP contribution in [0.15, 0.2) is 61.4 Å². The lowest BCUT2D eigenvalue weighted by atomic mass is 9.73. The predicted octanol–water partition coefficient (Wildman–Crippen LogP) is 4.00. The molecule has 1 aliphatic carbocycles. The van der Waals surface area contributed by atoms with E-state index in [2.05, 4.69) is 35.1 Å². The quantitative estimate of drug-likeness (QED) is 0.693. The summed E-state index contributed by atoms with van der Waals surface area (Å²) in [6.45, 7) is 5.41. The Bertz CT molecular complexity index is 939. The summed E-state index contributed by atoms with van der Waals surface area (Å²) in [6, 6.07) is 12.3. The Labute approximate surface area is 184 Å². The molecule has 0 unspecified atom stereocenters. The van der Waals surface area contributed by atoms with Crippen molar-refractivity contribution in [1.82, 2.24) is 15.2 Å². The minimum Gasteiger partial charge on any atom is -0.352 e. The minimum absolute atomic E-state index is 0.0211. The van der Waals surface area contributed by atoms with Crippen LogP contribution >= 0.6 is 0 Å². The Morgan fingerprint density at radius 1 is 1.16 bits per heavy atom. The van der Waals surface area contributed by atoms with Crippen LogP contribution in [0, 0.1) is 11.3 Å². The molecule has 31 heavy (non-hydrogen) atoms. The van der Waals surface area contributed by atoms with Gasteiger partial charge in [0.25, 0.3) is 0 Å². The molecule has 2 amide bonds. The van der Waals surface area contributed by atoms with Crippen molar-refractivity contribution in [1.29, 1.82) is 0 Å². The van der Waals surface area contributed by atoms with Gasteiger partial charge in [-0.2, -0.15) is 0 Å². The standard InChI is InChI=1S/C26H31N3O2/c1-2-13-28-25(31)26(12-5-16-29(19-26)24(30)22-7-4-8-22)18-20-6-3-9-23(17-20)21-10-14-27-15-11-21/h2-3,6,9-11,14-15,17,22H,1,4-5,7-8,12-13,16,18-19H2,(H,28,31)/t26-/m0/s1. The average molecular weight is 418 g/mol. The van der Waals surface area contributed by atoms with Gasteiger partial charge in [0.15, 0.2) is 0 Å². The summed E-state index contributed by atoms with van der Waals surface area (Å²) in [7, 11) is 0. The molecule has 0 spiro atoms. The third-order valence-corrected chi connectivity index (χ3v) is 6.71. The second-order valence-corrected chi connectivity index (χ2v) is 8.88. The number of benzene rings is 1. The van der Waals surface area contributed by atoms with Crippen LogP contribution in [0.3, 0.4) is 0 Å². The van der Waals surface area contributed by atoms with Crippen LogP contribution in [-0.2, 0) is 16.0 Å². The highest BCUT2D eigenvalue weighted by Gasteiger charge is 2.44. The zero-order valence-corrected chi connectivity index (χ0v) is 18.1. The van der Waals surface area contributed by atoms with Crippen molar-refractivity contribution in [3.63, 3.8) is 0 Å². The van der Waals surface area contributed by atoms with Crippen LogP contribution in [0.1, 0.15) is 37.7 Å². The topological polar surface area (TPSA) is 62.3 Å².